The van der Waals surface area contributed by atoms with Gasteiger partial charge in [-0.2, -0.15) is 0 Å². The molecule has 2 rings (SSSR count). The Morgan fingerprint density at radius 1 is 1.56 bits per heavy atom. The van der Waals surface area contributed by atoms with Crippen molar-refractivity contribution in [2.45, 2.75) is 26.9 Å². The van der Waals surface area contributed by atoms with Gasteiger partial charge in [-0.25, -0.2) is 4.79 Å². The lowest BCUT2D eigenvalue weighted by molar-refractivity contribution is -0.117. The summed E-state index contributed by atoms with van der Waals surface area (Å²) in [7, 11) is 0. The molecule has 1 amide bonds. The van der Waals surface area contributed by atoms with Gasteiger partial charge in [0.25, 0.3) is 0 Å². The van der Waals surface area contributed by atoms with Crippen LogP contribution in [-0.2, 0) is 4.79 Å². The molecule has 1 aliphatic rings. The summed E-state index contributed by atoms with van der Waals surface area (Å²) < 4.78 is 5.72. The molecular weight excluding hydrogens is 236 g/mol. The first kappa shape index (κ1) is 12.5. The average molecular weight is 252 g/mol. The molecule has 2 N–H and O–H groups in total. The predicted molar refractivity (Wildman–Crippen MR) is 65.0 cm³/mol. The molecule has 1 unspecified atom stereocenters. The number of aromatic amines is 1. The summed E-state index contributed by atoms with van der Waals surface area (Å²) in [6.45, 7) is 5.79. The van der Waals surface area contributed by atoms with Gasteiger partial charge in [0, 0.05) is 13.1 Å². The van der Waals surface area contributed by atoms with Gasteiger partial charge in [0.2, 0.25) is 5.91 Å². The predicted octanol–water partition coefficient (Wildman–Crippen LogP) is 1.48. The van der Waals surface area contributed by atoms with Crippen molar-refractivity contribution in [1.82, 2.24) is 4.98 Å². The van der Waals surface area contributed by atoms with E-state index in [2.05, 4.69) is 4.98 Å². The number of nitrogens with one attached hydrogen (secondary N) is 1. The first-order valence-corrected chi connectivity index (χ1v) is 5.81. The van der Waals surface area contributed by atoms with E-state index in [1.807, 2.05) is 13.8 Å². The minimum atomic E-state index is -1.10. The van der Waals surface area contributed by atoms with E-state index in [0.29, 0.717) is 18.0 Å². The van der Waals surface area contributed by atoms with E-state index in [-0.39, 0.29) is 23.6 Å². The van der Waals surface area contributed by atoms with Crippen LogP contribution >= 0.6 is 0 Å². The lowest BCUT2D eigenvalue weighted by Crippen LogP contribution is -2.45. The number of hydrogen-bond donors (Lipinski definition) is 2. The number of anilines is 1. The second-order valence-electron chi connectivity index (χ2n) is 4.71. The van der Waals surface area contributed by atoms with Gasteiger partial charge in [0.05, 0.1) is 6.54 Å². The van der Waals surface area contributed by atoms with Crippen molar-refractivity contribution in [3.8, 4) is 5.75 Å². The summed E-state index contributed by atoms with van der Waals surface area (Å²) in [6, 6.07) is 0. The fourth-order valence-electron chi connectivity index (χ4n) is 2.02. The van der Waals surface area contributed by atoms with Gasteiger partial charge in [0.1, 0.15) is 11.8 Å². The number of fused-ring (bicyclic) bond motifs is 1. The quantitative estimate of drug-likeness (QED) is 0.835. The molecule has 0 saturated heterocycles. The molecule has 2 heterocycles. The van der Waals surface area contributed by atoms with Crippen LogP contribution in [0.25, 0.3) is 0 Å². The molecule has 0 saturated carbocycles. The minimum Gasteiger partial charge on any atom is -0.484 e. The maximum Gasteiger partial charge on any atom is 0.354 e. The molecule has 6 nitrogen and oxygen atoms in total. The Balaban J connectivity index is 2.47. The van der Waals surface area contributed by atoms with Crippen LogP contribution in [0.4, 0.5) is 5.69 Å². The maximum atomic E-state index is 11.7. The van der Waals surface area contributed by atoms with Crippen molar-refractivity contribution in [2.75, 3.05) is 11.4 Å². The maximum absolute atomic E-state index is 11.7. The molecule has 0 spiro atoms. The SMILES string of the molecule is CC(=O)N1CC(C(C)C)Oc2c[nH]c(C(=O)O)c21. The van der Waals surface area contributed by atoms with E-state index in [1.165, 1.54) is 18.0 Å². The molecule has 1 aromatic heterocycles. The number of carbonyl (C=O) groups is 2. The Hall–Kier alpha value is -1.98. The van der Waals surface area contributed by atoms with Crippen molar-refractivity contribution in [1.29, 1.82) is 0 Å². The number of rotatable bonds is 2. The molecule has 1 atom stereocenters. The number of aromatic carboxylic acids is 1. The Bertz CT molecular complexity index is 492. The standard InChI is InChI=1S/C12H16N2O4/c1-6(2)9-5-14(7(3)15)11-8(18-9)4-13-10(11)12(16)17/h4,6,9,13H,5H2,1-3H3,(H,16,17). The van der Waals surface area contributed by atoms with Gasteiger partial charge in [-0.1, -0.05) is 13.8 Å². The Morgan fingerprint density at radius 3 is 2.72 bits per heavy atom. The third-order valence-electron chi connectivity index (χ3n) is 3.07. The van der Waals surface area contributed by atoms with Crippen molar-refractivity contribution in [3.63, 3.8) is 0 Å². The zero-order valence-electron chi connectivity index (χ0n) is 10.6. The lowest BCUT2D eigenvalue weighted by atomic mass is 10.0. The van der Waals surface area contributed by atoms with Crippen LogP contribution in [0, 0.1) is 5.92 Å². The Labute approximate surface area is 105 Å². The van der Waals surface area contributed by atoms with Crippen LogP contribution in [0.1, 0.15) is 31.3 Å². The van der Waals surface area contributed by atoms with Crippen LogP contribution in [0.15, 0.2) is 6.20 Å². The second-order valence-corrected chi connectivity index (χ2v) is 4.71. The van der Waals surface area contributed by atoms with Gasteiger partial charge >= 0.3 is 5.97 Å². The number of aromatic nitrogens is 1. The van der Waals surface area contributed by atoms with E-state index in [1.54, 1.807) is 0 Å². The lowest BCUT2D eigenvalue weighted by Gasteiger charge is -2.34. The number of carboxylic acid groups (broad SMARTS) is 1. The Kier molecular flexibility index (Phi) is 3.02. The average Bonchev–Trinajstić information content (AvgIpc) is 2.70. The zero-order valence-corrected chi connectivity index (χ0v) is 10.6. The van der Waals surface area contributed by atoms with Gasteiger partial charge in [-0.3, -0.25) is 4.79 Å². The number of H-pyrrole nitrogens is 1. The first-order chi connectivity index (χ1) is 8.41. The highest BCUT2D eigenvalue weighted by atomic mass is 16.5. The van der Waals surface area contributed by atoms with Crippen molar-refractivity contribution < 1.29 is 19.4 Å². The second kappa shape index (κ2) is 4.36. The van der Waals surface area contributed by atoms with Crippen LogP contribution in [0.5, 0.6) is 5.75 Å². The van der Waals surface area contributed by atoms with E-state index in [4.69, 9.17) is 9.84 Å². The molecule has 18 heavy (non-hydrogen) atoms. The van der Waals surface area contributed by atoms with Crippen molar-refractivity contribution >= 4 is 17.6 Å². The highest BCUT2D eigenvalue weighted by Gasteiger charge is 2.34. The monoisotopic (exact) mass is 252 g/mol. The number of hydrogen-bond acceptors (Lipinski definition) is 3. The summed E-state index contributed by atoms with van der Waals surface area (Å²) in [5.74, 6) is -0.628. The number of ether oxygens (including phenoxy) is 1. The molecule has 0 radical (unpaired) electrons. The summed E-state index contributed by atoms with van der Waals surface area (Å²) >= 11 is 0. The summed E-state index contributed by atoms with van der Waals surface area (Å²) in [4.78, 5) is 26.9. The molecule has 1 aromatic rings. The van der Waals surface area contributed by atoms with E-state index in [9.17, 15) is 9.59 Å². The first-order valence-electron chi connectivity index (χ1n) is 5.81. The van der Waals surface area contributed by atoms with Gasteiger partial charge in [0.15, 0.2) is 11.4 Å². The van der Waals surface area contributed by atoms with Crippen molar-refractivity contribution in [3.05, 3.63) is 11.9 Å². The number of carboxylic acids is 1. The summed E-state index contributed by atoms with van der Waals surface area (Å²) in [5, 5.41) is 9.08. The third kappa shape index (κ3) is 1.94. The number of carbonyl (C=O) groups excluding carboxylic acids is 1. The highest BCUT2D eigenvalue weighted by molar-refractivity contribution is 6.02. The minimum absolute atomic E-state index is 0.0117. The normalized spacial score (nSPS) is 18.4. The third-order valence-corrected chi connectivity index (χ3v) is 3.07. The van der Waals surface area contributed by atoms with Crippen molar-refractivity contribution in [2.24, 2.45) is 5.92 Å². The molecule has 0 aliphatic carbocycles. The molecule has 0 aromatic carbocycles. The van der Waals surface area contributed by atoms with Crippen LogP contribution in [0.3, 0.4) is 0 Å². The molecule has 1 aliphatic heterocycles. The van der Waals surface area contributed by atoms with Gasteiger partial charge in [-0.05, 0) is 5.92 Å². The van der Waals surface area contributed by atoms with Gasteiger partial charge in [-0.15, -0.1) is 0 Å². The fourth-order valence-corrected chi connectivity index (χ4v) is 2.02. The summed E-state index contributed by atoms with van der Waals surface area (Å²) in [5.41, 5.74) is 0.314. The van der Waals surface area contributed by atoms with E-state index < -0.39 is 5.97 Å². The largest absolute Gasteiger partial charge is 0.484 e. The Morgan fingerprint density at radius 2 is 2.22 bits per heavy atom. The topological polar surface area (TPSA) is 82.6 Å². The number of nitrogens with zero attached hydrogens (tertiary/aromatic N) is 1. The molecule has 0 fully saturated rings. The molecular formula is C12H16N2O4. The fraction of sp³-hybridized carbons (Fsp3) is 0.500. The van der Waals surface area contributed by atoms with Crippen LogP contribution in [-0.4, -0.2) is 34.6 Å². The van der Waals surface area contributed by atoms with E-state index in [0.717, 1.165) is 0 Å². The number of amides is 1. The van der Waals surface area contributed by atoms with Crippen LogP contribution in [0.2, 0.25) is 0 Å². The smallest absolute Gasteiger partial charge is 0.354 e. The van der Waals surface area contributed by atoms with Gasteiger partial charge < -0.3 is 19.7 Å². The molecule has 98 valence electrons. The van der Waals surface area contributed by atoms with E-state index >= 15 is 0 Å². The summed E-state index contributed by atoms with van der Waals surface area (Å²) in [6.07, 6.45) is 1.36. The molecule has 0 bridgehead atoms. The van der Waals surface area contributed by atoms with Crippen LogP contribution < -0.4 is 9.64 Å². The highest BCUT2D eigenvalue weighted by Crippen LogP contribution is 2.38. The molecule has 6 heteroatoms. The zero-order chi connectivity index (χ0) is 13.4.